The molecule has 0 bridgehead atoms. The standard InChI is InChI=1S/C34H35N11O5/c1-5-44-27(15-19(3)40-44)30(47)38-33-36-23-17-21(29(35)46)9-11-25(23)42(33)13-7-8-14-43-26-12-10-22(32(49)50)18-24(26)37-34(43)39-31(48)28-16-20(4)41-45(28)6-2/h7-12,15-18H,5-6,13-14H2,1-4H3,(H2,35,46)(H,49,50)(H,36,38,47)(H,37,39,48). The van der Waals surface area contributed by atoms with E-state index in [2.05, 4.69) is 30.8 Å². The summed E-state index contributed by atoms with van der Waals surface area (Å²) in [5, 5.41) is 24.0. The molecule has 6 rings (SSSR count). The molecule has 4 heterocycles. The van der Waals surface area contributed by atoms with Crippen molar-refractivity contribution in [3.63, 3.8) is 0 Å². The molecule has 0 atom stereocenters. The lowest BCUT2D eigenvalue weighted by Crippen LogP contribution is -2.20. The number of benzene rings is 2. The quantitative estimate of drug-likeness (QED) is 0.138. The third-order valence-corrected chi connectivity index (χ3v) is 8.09. The van der Waals surface area contributed by atoms with E-state index in [0.29, 0.717) is 57.9 Å². The van der Waals surface area contributed by atoms with Gasteiger partial charge in [0, 0.05) is 31.7 Å². The molecule has 0 aliphatic heterocycles. The van der Waals surface area contributed by atoms with Crippen LogP contribution in [-0.4, -0.2) is 67.5 Å². The molecule has 0 saturated heterocycles. The molecule has 50 heavy (non-hydrogen) atoms. The molecular formula is C34H35N11O5. The van der Waals surface area contributed by atoms with Gasteiger partial charge >= 0.3 is 5.97 Å². The Morgan fingerprint density at radius 1 is 0.720 bits per heavy atom. The number of nitrogens with two attached hydrogens (primary N) is 1. The molecule has 0 radical (unpaired) electrons. The summed E-state index contributed by atoms with van der Waals surface area (Å²) in [6.07, 6.45) is 3.71. The third-order valence-electron chi connectivity index (χ3n) is 8.09. The lowest BCUT2D eigenvalue weighted by atomic mass is 10.2. The Morgan fingerprint density at radius 2 is 1.16 bits per heavy atom. The molecule has 0 aliphatic carbocycles. The van der Waals surface area contributed by atoms with Crippen molar-refractivity contribution >= 4 is 57.7 Å². The van der Waals surface area contributed by atoms with Gasteiger partial charge in [0.1, 0.15) is 11.4 Å². The van der Waals surface area contributed by atoms with Crippen molar-refractivity contribution in [3.8, 4) is 0 Å². The maximum Gasteiger partial charge on any atom is 0.335 e. The number of allylic oxidation sites excluding steroid dienone is 2. The maximum absolute atomic E-state index is 13.4. The van der Waals surface area contributed by atoms with Gasteiger partial charge in [-0.2, -0.15) is 10.2 Å². The number of carbonyl (C=O) groups excluding carboxylic acids is 3. The second-order valence-electron chi connectivity index (χ2n) is 11.5. The number of carboxylic acids is 1. The fraction of sp³-hybridized carbons (Fsp3) is 0.235. The van der Waals surface area contributed by atoms with Gasteiger partial charge in [0.2, 0.25) is 17.8 Å². The molecular weight excluding hydrogens is 642 g/mol. The lowest BCUT2D eigenvalue weighted by Gasteiger charge is -2.10. The smallest absolute Gasteiger partial charge is 0.335 e. The van der Waals surface area contributed by atoms with Crippen molar-refractivity contribution in [2.75, 3.05) is 10.6 Å². The summed E-state index contributed by atoms with van der Waals surface area (Å²) in [7, 11) is 0. The van der Waals surface area contributed by atoms with Crippen LogP contribution < -0.4 is 16.4 Å². The van der Waals surface area contributed by atoms with Gasteiger partial charge in [0.25, 0.3) is 11.8 Å². The van der Waals surface area contributed by atoms with E-state index in [1.165, 1.54) is 12.1 Å². The molecule has 0 saturated carbocycles. The van der Waals surface area contributed by atoms with Crippen LogP contribution in [0.15, 0.2) is 60.7 Å². The van der Waals surface area contributed by atoms with E-state index in [4.69, 9.17) is 5.73 Å². The highest BCUT2D eigenvalue weighted by Gasteiger charge is 2.20. The van der Waals surface area contributed by atoms with Gasteiger partial charge in [0.05, 0.1) is 39.0 Å². The largest absolute Gasteiger partial charge is 0.478 e. The number of amides is 3. The van der Waals surface area contributed by atoms with Crippen LogP contribution >= 0.6 is 0 Å². The van der Waals surface area contributed by atoms with Crippen LogP contribution in [0.1, 0.15) is 66.9 Å². The number of rotatable bonds is 12. The van der Waals surface area contributed by atoms with E-state index in [1.54, 1.807) is 68.7 Å². The van der Waals surface area contributed by atoms with Crippen molar-refractivity contribution in [1.29, 1.82) is 0 Å². The van der Waals surface area contributed by atoms with Gasteiger partial charge in [-0.05, 0) is 76.2 Å². The summed E-state index contributed by atoms with van der Waals surface area (Å²) in [4.78, 5) is 59.4. The number of primary amides is 1. The van der Waals surface area contributed by atoms with Crippen LogP contribution in [0.2, 0.25) is 0 Å². The minimum absolute atomic E-state index is 0.0634. The molecule has 16 heteroatoms. The van der Waals surface area contributed by atoms with Gasteiger partial charge in [-0.3, -0.25) is 34.4 Å². The molecule has 2 aromatic carbocycles. The normalized spacial score (nSPS) is 11.5. The summed E-state index contributed by atoms with van der Waals surface area (Å²) in [5.41, 5.74) is 10.1. The number of anilines is 2. The number of nitrogens with zero attached hydrogens (tertiary/aromatic N) is 8. The van der Waals surface area contributed by atoms with Crippen LogP contribution in [0.3, 0.4) is 0 Å². The Hall–Kier alpha value is -6.58. The second-order valence-corrected chi connectivity index (χ2v) is 11.5. The zero-order valence-corrected chi connectivity index (χ0v) is 27.8. The fourth-order valence-corrected chi connectivity index (χ4v) is 5.74. The van der Waals surface area contributed by atoms with Crippen molar-refractivity contribution in [3.05, 3.63) is 94.6 Å². The average Bonchev–Trinajstić information content (AvgIpc) is 3.84. The Bertz CT molecular complexity index is 2180. The monoisotopic (exact) mass is 677 g/mol. The van der Waals surface area contributed by atoms with Crippen molar-refractivity contribution in [1.82, 2.24) is 38.7 Å². The van der Waals surface area contributed by atoms with Gasteiger partial charge in [0.15, 0.2) is 0 Å². The van der Waals surface area contributed by atoms with E-state index >= 15 is 0 Å². The molecule has 0 spiro atoms. The lowest BCUT2D eigenvalue weighted by molar-refractivity contribution is 0.0696. The Balaban J connectivity index is 1.32. The SMILES string of the molecule is CCn1nc(C)cc1C(=O)Nc1nc2cc(C(N)=O)ccc2n1CC=CCn1c(NC(=O)c2cc(C)nn2CC)nc2cc(C(=O)O)ccc21. The number of nitrogens with one attached hydrogen (secondary N) is 2. The number of hydrogen-bond acceptors (Lipinski definition) is 8. The molecule has 16 nitrogen and oxygen atoms in total. The summed E-state index contributed by atoms with van der Waals surface area (Å²) in [6.45, 7) is 8.89. The first-order valence-electron chi connectivity index (χ1n) is 15.9. The van der Waals surface area contributed by atoms with Crippen molar-refractivity contribution < 1.29 is 24.3 Å². The number of aryl methyl sites for hydroxylation is 4. The molecule has 6 aromatic rings. The van der Waals surface area contributed by atoms with E-state index in [0.717, 1.165) is 0 Å². The minimum Gasteiger partial charge on any atom is -0.478 e. The highest BCUT2D eigenvalue weighted by molar-refractivity contribution is 6.04. The van der Waals surface area contributed by atoms with Crippen LogP contribution in [0, 0.1) is 13.8 Å². The maximum atomic E-state index is 13.4. The van der Waals surface area contributed by atoms with Gasteiger partial charge in [-0.1, -0.05) is 12.2 Å². The fourth-order valence-electron chi connectivity index (χ4n) is 5.74. The van der Waals surface area contributed by atoms with Crippen LogP contribution in [-0.2, 0) is 26.2 Å². The number of carbonyl (C=O) groups is 4. The molecule has 4 aromatic heterocycles. The van der Waals surface area contributed by atoms with Crippen molar-refractivity contribution in [2.45, 2.75) is 53.9 Å². The average molecular weight is 678 g/mol. The number of carboxylic acid groups (broad SMARTS) is 1. The summed E-state index contributed by atoms with van der Waals surface area (Å²) < 4.78 is 6.74. The van der Waals surface area contributed by atoms with E-state index < -0.39 is 23.7 Å². The van der Waals surface area contributed by atoms with E-state index in [9.17, 15) is 24.3 Å². The molecule has 0 aliphatic rings. The molecule has 0 fully saturated rings. The predicted octanol–water partition coefficient (Wildman–Crippen LogP) is 3.99. The zero-order valence-electron chi connectivity index (χ0n) is 27.8. The number of fused-ring (bicyclic) bond motifs is 2. The van der Waals surface area contributed by atoms with E-state index in [1.807, 2.05) is 26.0 Å². The molecule has 0 unspecified atom stereocenters. The first kappa shape index (κ1) is 33.3. The minimum atomic E-state index is -1.10. The summed E-state index contributed by atoms with van der Waals surface area (Å²) in [6, 6.07) is 12.8. The first-order valence-corrected chi connectivity index (χ1v) is 15.9. The van der Waals surface area contributed by atoms with Crippen LogP contribution in [0.5, 0.6) is 0 Å². The Labute approximate surface area is 285 Å². The summed E-state index contributed by atoms with van der Waals surface area (Å²) >= 11 is 0. The van der Waals surface area contributed by atoms with Crippen LogP contribution in [0.4, 0.5) is 11.9 Å². The highest BCUT2D eigenvalue weighted by atomic mass is 16.4. The number of aromatic nitrogens is 8. The number of hydrogen-bond donors (Lipinski definition) is 4. The zero-order chi connectivity index (χ0) is 35.7. The number of aromatic carboxylic acids is 1. The number of imidazole rings is 2. The predicted molar refractivity (Wildman–Crippen MR) is 185 cm³/mol. The molecule has 256 valence electrons. The molecule has 5 N–H and O–H groups in total. The molecule has 3 amide bonds. The Morgan fingerprint density at radius 3 is 1.58 bits per heavy atom. The first-order chi connectivity index (χ1) is 24.0. The van der Waals surface area contributed by atoms with Gasteiger partial charge in [-0.25, -0.2) is 14.8 Å². The van der Waals surface area contributed by atoms with Crippen LogP contribution in [0.25, 0.3) is 22.1 Å². The topological polar surface area (TPSA) is 210 Å². The third kappa shape index (κ3) is 6.45. The van der Waals surface area contributed by atoms with Crippen molar-refractivity contribution in [2.24, 2.45) is 5.73 Å². The summed E-state index contributed by atoms with van der Waals surface area (Å²) in [5.74, 6) is -2.03. The second kappa shape index (κ2) is 13.5. The Kier molecular flexibility index (Phi) is 9.00. The van der Waals surface area contributed by atoms with E-state index in [-0.39, 0.29) is 36.1 Å². The van der Waals surface area contributed by atoms with Gasteiger partial charge < -0.3 is 20.0 Å². The van der Waals surface area contributed by atoms with Gasteiger partial charge in [-0.15, -0.1) is 0 Å². The highest BCUT2D eigenvalue weighted by Crippen LogP contribution is 2.24.